The van der Waals surface area contributed by atoms with Crippen LogP contribution in [0.5, 0.6) is 5.75 Å². The zero-order valence-corrected chi connectivity index (χ0v) is 15.5. The van der Waals surface area contributed by atoms with E-state index in [9.17, 15) is 5.11 Å². The summed E-state index contributed by atoms with van der Waals surface area (Å²) in [4.78, 5) is 4.87. The normalized spacial score (nSPS) is 11.5. The highest BCUT2D eigenvalue weighted by molar-refractivity contribution is 5.77. The molecule has 0 unspecified atom stereocenters. The first-order valence-corrected chi connectivity index (χ1v) is 8.79. The summed E-state index contributed by atoms with van der Waals surface area (Å²) < 4.78 is 1.96. The highest BCUT2D eigenvalue weighted by Crippen LogP contribution is 2.35. The minimum Gasteiger partial charge on any atom is -0.508 e. The van der Waals surface area contributed by atoms with E-state index in [1.165, 1.54) is 5.56 Å². The van der Waals surface area contributed by atoms with Crippen LogP contribution in [0.25, 0.3) is 16.9 Å². The average Bonchev–Trinajstić information content (AvgIpc) is 3.02. The van der Waals surface area contributed by atoms with Gasteiger partial charge in [-0.2, -0.15) is 0 Å². The minimum absolute atomic E-state index is 0.162. The predicted molar refractivity (Wildman–Crippen MR) is 107 cm³/mol. The number of fused-ring (bicyclic) bond motifs is 1. The Bertz CT molecular complexity index is 1170. The molecular formula is C22H20N4O. The van der Waals surface area contributed by atoms with Gasteiger partial charge in [0.05, 0.1) is 5.69 Å². The number of azo groups is 1. The van der Waals surface area contributed by atoms with Gasteiger partial charge in [-0.05, 0) is 56.2 Å². The van der Waals surface area contributed by atoms with Crippen molar-refractivity contribution in [2.24, 2.45) is 10.2 Å². The fraction of sp³-hybridized carbons (Fsp3) is 0.136. The van der Waals surface area contributed by atoms with Crippen molar-refractivity contribution < 1.29 is 5.11 Å². The Balaban J connectivity index is 1.95. The number of hydrogen-bond acceptors (Lipinski definition) is 4. The van der Waals surface area contributed by atoms with Crippen LogP contribution in [0.4, 0.5) is 11.5 Å². The largest absolute Gasteiger partial charge is 0.508 e. The number of pyridine rings is 1. The van der Waals surface area contributed by atoms with Crippen molar-refractivity contribution in [1.29, 1.82) is 0 Å². The van der Waals surface area contributed by atoms with E-state index in [2.05, 4.69) is 42.3 Å². The van der Waals surface area contributed by atoms with Gasteiger partial charge in [0.25, 0.3) is 0 Å². The summed E-state index contributed by atoms with van der Waals surface area (Å²) in [6, 6.07) is 17.1. The highest BCUT2D eigenvalue weighted by atomic mass is 16.3. The number of hydrogen-bond donors (Lipinski definition) is 1. The zero-order valence-electron chi connectivity index (χ0n) is 15.5. The lowest BCUT2D eigenvalue weighted by atomic mass is 10.0. The Kier molecular flexibility index (Phi) is 4.20. The molecular weight excluding hydrogens is 336 g/mol. The van der Waals surface area contributed by atoms with Crippen LogP contribution >= 0.6 is 0 Å². The molecule has 0 saturated heterocycles. The molecule has 5 heteroatoms. The monoisotopic (exact) mass is 356 g/mol. The lowest BCUT2D eigenvalue weighted by Gasteiger charge is -2.05. The van der Waals surface area contributed by atoms with E-state index in [4.69, 9.17) is 4.98 Å². The van der Waals surface area contributed by atoms with Crippen molar-refractivity contribution >= 4 is 17.2 Å². The number of phenols is 1. The quantitative estimate of drug-likeness (QED) is 0.454. The van der Waals surface area contributed by atoms with Crippen LogP contribution in [-0.2, 0) is 0 Å². The first kappa shape index (κ1) is 17.0. The highest BCUT2D eigenvalue weighted by Gasteiger charge is 2.17. The Morgan fingerprint density at radius 2 is 1.74 bits per heavy atom. The SMILES string of the molecule is Cc1ccc(C)c(-c2nc3c(C)cccn3c2N=Nc2cccc(O)c2)c1. The molecule has 0 aliphatic carbocycles. The Morgan fingerprint density at radius 3 is 2.56 bits per heavy atom. The van der Waals surface area contributed by atoms with Gasteiger partial charge in [-0.15, -0.1) is 10.2 Å². The first-order chi connectivity index (χ1) is 13.0. The summed E-state index contributed by atoms with van der Waals surface area (Å²) in [6.45, 7) is 6.17. The molecule has 0 fully saturated rings. The molecule has 2 aromatic carbocycles. The minimum atomic E-state index is 0.162. The van der Waals surface area contributed by atoms with E-state index in [0.29, 0.717) is 11.5 Å². The summed E-state index contributed by atoms with van der Waals surface area (Å²) in [5.74, 6) is 0.834. The van der Waals surface area contributed by atoms with Crippen molar-refractivity contribution in [2.75, 3.05) is 0 Å². The van der Waals surface area contributed by atoms with E-state index >= 15 is 0 Å². The van der Waals surface area contributed by atoms with Gasteiger partial charge < -0.3 is 5.11 Å². The van der Waals surface area contributed by atoms with Gasteiger partial charge in [-0.1, -0.05) is 29.8 Å². The van der Waals surface area contributed by atoms with Crippen molar-refractivity contribution in [1.82, 2.24) is 9.38 Å². The number of nitrogens with zero attached hydrogens (tertiary/aromatic N) is 4. The van der Waals surface area contributed by atoms with Crippen molar-refractivity contribution in [3.05, 3.63) is 77.5 Å². The van der Waals surface area contributed by atoms with Gasteiger partial charge in [0.15, 0.2) is 5.82 Å². The summed E-state index contributed by atoms with van der Waals surface area (Å²) in [7, 11) is 0. The van der Waals surface area contributed by atoms with E-state index in [1.807, 2.05) is 29.7 Å². The third kappa shape index (κ3) is 3.19. The van der Waals surface area contributed by atoms with E-state index in [-0.39, 0.29) is 5.75 Å². The molecule has 0 saturated carbocycles. The van der Waals surface area contributed by atoms with Crippen LogP contribution in [0.1, 0.15) is 16.7 Å². The van der Waals surface area contributed by atoms with E-state index in [0.717, 1.165) is 28.0 Å². The van der Waals surface area contributed by atoms with E-state index < -0.39 is 0 Å². The van der Waals surface area contributed by atoms with Crippen molar-refractivity contribution in [3.63, 3.8) is 0 Å². The van der Waals surface area contributed by atoms with Gasteiger partial charge in [0.2, 0.25) is 0 Å². The molecule has 134 valence electrons. The first-order valence-electron chi connectivity index (χ1n) is 8.79. The zero-order chi connectivity index (χ0) is 19.0. The fourth-order valence-corrected chi connectivity index (χ4v) is 3.12. The summed E-state index contributed by atoms with van der Waals surface area (Å²) in [6.07, 6.45) is 1.95. The number of aromatic nitrogens is 2. The Labute approximate surface area is 157 Å². The molecule has 0 spiro atoms. The second-order valence-electron chi connectivity index (χ2n) is 6.71. The molecule has 1 N–H and O–H groups in total. The molecule has 27 heavy (non-hydrogen) atoms. The Hall–Kier alpha value is -3.47. The molecule has 0 radical (unpaired) electrons. The van der Waals surface area contributed by atoms with Crippen LogP contribution in [0, 0.1) is 20.8 Å². The van der Waals surface area contributed by atoms with Gasteiger partial charge in [-0.25, -0.2) is 4.98 Å². The van der Waals surface area contributed by atoms with Gasteiger partial charge >= 0.3 is 0 Å². The van der Waals surface area contributed by atoms with Gasteiger partial charge in [0, 0.05) is 17.8 Å². The summed E-state index contributed by atoms with van der Waals surface area (Å²) in [5, 5.41) is 18.5. The second-order valence-corrected chi connectivity index (χ2v) is 6.71. The number of benzene rings is 2. The van der Waals surface area contributed by atoms with E-state index in [1.54, 1.807) is 24.3 Å². The standard InChI is InChI=1S/C22H20N4O/c1-14-9-10-15(2)19(12-14)20-22(25-24-17-7-4-8-18(27)13-17)26-11-5-6-16(3)21(26)23-20/h4-13,27H,1-3H3. The maximum absolute atomic E-state index is 9.66. The van der Waals surface area contributed by atoms with Crippen molar-refractivity contribution in [3.8, 4) is 17.0 Å². The number of phenolic OH excluding ortho intramolecular Hbond substituents is 1. The Morgan fingerprint density at radius 1 is 0.889 bits per heavy atom. The molecule has 0 amide bonds. The lowest BCUT2D eigenvalue weighted by molar-refractivity contribution is 0.475. The number of aryl methyl sites for hydroxylation is 3. The van der Waals surface area contributed by atoms with Crippen LogP contribution in [0.15, 0.2) is 71.0 Å². The summed E-state index contributed by atoms with van der Waals surface area (Å²) in [5.41, 5.74) is 6.67. The molecule has 0 aliphatic rings. The molecule has 4 aromatic rings. The number of aromatic hydroxyl groups is 1. The molecule has 2 aromatic heterocycles. The van der Waals surface area contributed by atoms with Crippen molar-refractivity contribution in [2.45, 2.75) is 20.8 Å². The maximum atomic E-state index is 9.66. The third-order valence-corrected chi connectivity index (χ3v) is 4.56. The molecule has 0 atom stereocenters. The van der Waals surface area contributed by atoms with Crippen LogP contribution < -0.4 is 0 Å². The van der Waals surface area contributed by atoms with Gasteiger partial charge in [-0.3, -0.25) is 4.40 Å². The van der Waals surface area contributed by atoms with Crippen LogP contribution in [-0.4, -0.2) is 14.5 Å². The predicted octanol–water partition coefficient (Wildman–Crippen LogP) is 6.05. The molecule has 2 heterocycles. The molecule has 4 rings (SSSR count). The van der Waals surface area contributed by atoms with Gasteiger partial charge in [0.1, 0.15) is 17.1 Å². The second kappa shape index (κ2) is 6.68. The topological polar surface area (TPSA) is 62.2 Å². The van der Waals surface area contributed by atoms with Crippen LogP contribution in [0.2, 0.25) is 0 Å². The smallest absolute Gasteiger partial charge is 0.187 e. The molecule has 0 aliphatic heterocycles. The average molecular weight is 356 g/mol. The molecule has 0 bridgehead atoms. The fourth-order valence-electron chi connectivity index (χ4n) is 3.12. The number of rotatable bonds is 3. The number of imidazole rings is 1. The van der Waals surface area contributed by atoms with Crippen LogP contribution in [0.3, 0.4) is 0 Å². The summed E-state index contributed by atoms with van der Waals surface area (Å²) >= 11 is 0. The maximum Gasteiger partial charge on any atom is 0.187 e. The molecule has 5 nitrogen and oxygen atoms in total. The lowest BCUT2D eigenvalue weighted by Crippen LogP contribution is -1.86. The third-order valence-electron chi connectivity index (χ3n) is 4.56.